The van der Waals surface area contributed by atoms with Crippen molar-refractivity contribution in [2.45, 2.75) is 13.0 Å². The second kappa shape index (κ2) is 7.25. The number of carbonyl (C=O) groups is 1. The van der Waals surface area contributed by atoms with Crippen LogP contribution in [0.2, 0.25) is 5.02 Å². The minimum Gasteiger partial charge on any atom is -0.361 e. The van der Waals surface area contributed by atoms with Crippen molar-refractivity contribution < 1.29 is 4.79 Å². The Hall–Kier alpha value is -3.12. The lowest BCUT2D eigenvalue weighted by molar-refractivity contribution is -0.121. The molecule has 4 rings (SSSR count). The lowest BCUT2D eigenvalue weighted by Crippen LogP contribution is -2.33. The van der Waals surface area contributed by atoms with Crippen molar-refractivity contribution in [3.8, 4) is 0 Å². The molecule has 0 bridgehead atoms. The highest BCUT2D eigenvalue weighted by molar-refractivity contribution is 6.31. The van der Waals surface area contributed by atoms with Gasteiger partial charge < -0.3 is 10.3 Å². The number of hydrogen-bond acceptors (Lipinski definition) is 3. The van der Waals surface area contributed by atoms with Gasteiger partial charge in [-0.05, 0) is 42.3 Å². The third-order valence-electron chi connectivity index (χ3n) is 4.49. The Morgan fingerprint density at radius 3 is 2.93 bits per heavy atom. The lowest BCUT2D eigenvalue weighted by Gasteiger charge is -2.08. The highest BCUT2D eigenvalue weighted by atomic mass is 35.5. The molecule has 2 heterocycles. The number of rotatable bonds is 5. The Kier molecular flexibility index (Phi) is 4.64. The largest absolute Gasteiger partial charge is 0.361 e. The van der Waals surface area contributed by atoms with E-state index in [-0.39, 0.29) is 18.0 Å². The molecule has 0 aliphatic carbocycles. The van der Waals surface area contributed by atoms with Crippen molar-refractivity contribution in [3.63, 3.8) is 0 Å². The summed E-state index contributed by atoms with van der Waals surface area (Å²) in [5, 5.41) is 5.08. The Balaban J connectivity index is 1.40. The molecular weight excluding hydrogens is 364 g/mol. The number of aromatic nitrogens is 3. The number of nitrogens with one attached hydrogen (secondary N) is 2. The topological polar surface area (TPSA) is 79.8 Å². The molecular formula is C20H17ClN4O2. The fourth-order valence-electron chi connectivity index (χ4n) is 3.12. The van der Waals surface area contributed by atoms with Crippen LogP contribution in [-0.4, -0.2) is 27.0 Å². The molecule has 1 amide bonds. The number of benzene rings is 2. The van der Waals surface area contributed by atoms with Gasteiger partial charge in [0.1, 0.15) is 6.54 Å². The van der Waals surface area contributed by atoms with Gasteiger partial charge >= 0.3 is 0 Å². The summed E-state index contributed by atoms with van der Waals surface area (Å²) in [5.41, 5.74) is 2.49. The van der Waals surface area contributed by atoms with E-state index in [1.165, 1.54) is 10.9 Å². The van der Waals surface area contributed by atoms with E-state index in [1.54, 1.807) is 18.2 Å². The predicted octanol–water partition coefficient (Wildman–Crippen LogP) is 2.89. The molecule has 136 valence electrons. The maximum Gasteiger partial charge on any atom is 0.261 e. The van der Waals surface area contributed by atoms with Gasteiger partial charge in [0.15, 0.2) is 0 Å². The molecule has 7 heteroatoms. The maximum absolute atomic E-state index is 12.4. The second-order valence-electron chi connectivity index (χ2n) is 6.30. The van der Waals surface area contributed by atoms with Crippen molar-refractivity contribution >= 4 is 39.3 Å². The first-order chi connectivity index (χ1) is 13.1. The molecule has 2 aromatic heterocycles. The average molecular weight is 381 g/mol. The van der Waals surface area contributed by atoms with Crippen LogP contribution < -0.4 is 10.9 Å². The van der Waals surface area contributed by atoms with Gasteiger partial charge in [0.25, 0.3) is 5.56 Å². The zero-order chi connectivity index (χ0) is 18.8. The highest BCUT2D eigenvalue weighted by Crippen LogP contribution is 2.22. The molecule has 0 aliphatic heterocycles. The summed E-state index contributed by atoms with van der Waals surface area (Å²) < 4.78 is 1.32. The third kappa shape index (κ3) is 3.57. The summed E-state index contributed by atoms with van der Waals surface area (Å²) in [4.78, 5) is 32.1. The molecule has 0 atom stereocenters. The van der Waals surface area contributed by atoms with Gasteiger partial charge in [-0.25, -0.2) is 4.98 Å². The smallest absolute Gasteiger partial charge is 0.261 e. The fraction of sp³-hybridized carbons (Fsp3) is 0.150. The van der Waals surface area contributed by atoms with Gasteiger partial charge in [0.2, 0.25) is 5.91 Å². The van der Waals surface area contributed by atoms with E-state index in [0.29, 0.717) is 28.9 Å². The van der Waals surface area contributed by atoms with Crippen LogP contribution in [0.15, 0.2) is 59.8 Å². The monoisotopic (exact) mass is 380 g/mol. The van der Waals surface area contributed by atoms with Crippen LogP contribution in [-0.2, 0) is 17.8 Å². The predicted molar refractivity (Wildman–Crippen MR) is 106 cm³/mol. The maximum atomic E-state index is 12.4. The lowest BCUT2D eigenvalue weighted by atomic mass is 10.1. The zero-order valence-electron chi connectivity index (χ0n) is 14.4. The standard InChI is InChI=1S/C20H17ClN4O2/c21-14-5-6-18-16(9-14)13(10-23-18)7-8-22-19(26)11-25-12-24-17-4-2-1-3-15(17)20(25)27/h1-6,9-10,12,23H,7-8,11H2,(H,22,26). The number of H-pyrrole nitrogens is 1. The number of para-hydroxylation sites is 1. The Morgan fingerprint density at radius 1 is 1.19 bits per heavy atom. The van der Waals surface area contributed by atoms with E-state index in [9.17, 15) is 9.59 Å². The Bertz CT molecular complexity index is 1200. The molecule has 27 heavy (non-hydrogen) atoms. The van der Waals surface area contributed by atoms with Crippen molar-refractivity contribution in [2.24, 2.45) is 0 Å². The summed E-state index contributed by atoms with van der Waals surface area (Å²) in [6.45, 7) is 0.407. The fourth-order valence-corrected chi connectivity index (χ4v) is 3.30. The van der Waals surface area contributed by atoms with Gasteiger partial charge in [-0.1, -0.05) is 23.7 Å². The van der Waals surface area contributed by atoms with E-state index in [2.05, 4.69) is 15.3 Å². The van der Waals surface area contributed by atoms with Gasteiger partial charge in [-0.15, -0.1) is 0 Å². The number of carbonyl (C=O) groups excluding carboxylic acids is 1. The van der Waals surface area contributed by atoms with E-state index in [4.69, 9.17) is 11.6 Å². The molecule has 0 saturated carbocycles. The Morgan fingerprint density at radius 2 is 2.04 bits per heavy atom. The first-order valence-electron chi connectivity index (χ1n) is 8.58. The van der Waals surface area contributed by atoms with E-state index >= 15 is 0 Å². The highest BCUT2D eigenvalue weighted by Gasteiger charge is 2.09. The van der Waals surface area contributed by atoms with Gasteiger partial charge in [0, 0.05) is 28.7 Å². The van der Waals surface area contributed by atoms with Crippen molar-refractivity contribution in [3.05, 3.63) is 75.9 Å². The van der Waals surface area contributed by atoms with Crippen molar-refractivity contribution in [1.82, 2.24) is 19.9 Å². The van der Waals surface area contributed by atoms with E-state index < -0.39 is 0 Å². The summed E-state index contributed by atoms with van der Waals surface area (Å²) in [6, 6.07) is 12.8. The zero-order valence-corrected chi connectivity index (χ0v) is 15.2. The Labute approximate surface area is 159 Å². The SMILES string of the molecule is O=C(Cn1cnc2ccccc2c1=O)NCCc1c[nH]c2ccc(Cl)cc12. The number of aromatic amines is 1. The van der Waals surface area contributed by atoms with Crippen molar-refractivity contribution in [1.29, 1.82) is 0 Å². The number of hydrogen-bond donors (Lipinski definition) is 2. The average Bonchev–Trinajstić information content (AvgIpc) is 3.06. The molecule has 0 fully saturated rings. The first kappa shape index (κ1) is 17.3. The number of fused-ring (bicyclic) bond motifs is 2. The summed E-state index contributed by atoms with van der Waals surface area (Å²) in [7, 11) is 0. The van der Waals surface area contributed by atoms with Gasteiger partial charge in [-0.2, -0.15) is 0 Å². The third-order valence-corrected chi connectivity index (χ3v) is 4.73. The van der Waals surface area contributed by atoms with Gasteiger partial charge in [0.05, 0.1) is 17.2 Å². The quantitative estimate of drug-likeness (QED) is 0.558. The van der Waals surface area contributed by atoms with Crippen LogP contribution in [0.1, 0.15) is 5.56 Å². The van der Waals surface area contributed by atoms with Crippen molar-refractivity contribution in [2.75, 3.05) is 6.54 Å². The van der Waals surface area contributed by atoms with Gasteiger partial charge in [-0.3, -0.25) is 14.2 Å². The summed E-state index contributed by atoms with van der Waals surface area (Å²) in [5.74, 6) is -0.230. The molecule has 0 radical (unpaired) electrons. The molecule has 0 spiro atoms. The number of halogens is 1. The van der Waals surface area contributed by atoms with Crippen LogP contribution in [0, 0.1) is 0 Å². The number of nitrogens with zero attached hydrogens (tertiary/aromatic N) is 2. The normalized spacial score (nSPS) is 11.1. The van der Waals surface area contributed by atoms with Crippen LogP contribution in [0.3, 0.4) is 0 Å². The first-order valence-corrected chi connectivity index (χ1v) is 8.96. The molecule has 4 aromatic rings. The van der Waals surface area contributed by atoms with Crippen LogP contribution in [0.5, 0.6) is 0 Å². The molecule has 0 aliphatic rings. The van der Waals surface area contributed by atoms with Crippen LogP contribution in [0.25, 0.3) is 21.8 Å². The van der Waals surface area contributed by atoms with E-state index in [0.717, 1.165) is 16.5 Å². The van der Waals surface area contributed by atoms with Crippen LogP contribution in [0.4, 0.5) is 0 Å². The molecule has 6 nitrogen and oxygen atoms in total. The number of amides is 1. The molecule has 2 N–H and O–H groups in total. The molecule has 0 saturated heterocycles. The second-order valence-corrected chi connectivity index (χ2v) is 6.73. The van der Waals surface area contributed by atoms with Crippen LogP contribution >= 0.6 is 11.6 Å². The molecule has 0 unspecified atom stereocenters. The summed E-state index contributed by atoms with van der Waals surface area (Å²) in [6.07, 6.45) is 3.99. The minimum absolute atomic E-state index is 0.0591. The minimum atomic E-state index is -0.230. The molecule has 2 aromatic carbocycles. The summed E-state index contributed by atoms with van der Waals surface area (Å²) >= 11 is 6.06. The van der Waals surface area contributed by atoms with E-state index in [1.807, 2.05) is 30.5 Å².